The van der Waals surface area contributed by atoms with E-state index in [1.54, 1.807) is 18.5 Å². The van der Waals surface area contributed by atoms with Gasteiger partial charge in [-0.15, -0.1) is 0 Å². The Morgan fingerprint density at radius 2 is 2.00 bits per heavy atom. The molecule has 2 aromatic heterocycles. The quantitative estimate of drug-likeness (QED) is 0.684. The fourth-order valence-electron chi connectivity index (χ4n) is 1.11. The van der Waals surface area contributed by atoms with Crippen LogP contribution in [0, 0.1) is 0 Å². The maximum atomic E-state index is 5.75. The SMILES string of the molecule is Nc1ccncc1-n1cccc1. The molecule has 0 spiro atoms. The topological polar surface area (TPSA) is 43.8 Å². The largest absolute Gasteiger partial charge is 0.397 e. The van der Waals surface area contributed by atoms with Crippen LogP contribution in [0.2, 0.25) is 0 Å². The van der Waals surface area contributed by atoms with Crippen LogP contribution in [0.1, 0.15) is 0 Å². The minimum atomic E-state index is 0.737. The standard InChI is InChI=1S/C9H9N3/c10-8-3-4-11-7-9(8)12-5-1-2-6-12/h1-7H,(H2,10,11). The number of nitrogens with zero attached hydrogens (tertiary/aromatic N) is 2. The Kier molecular flexibility index (Phi) is 1.55. The summed E-state index contributed by atoms with van der Waals surface area (Å²) in [5.74, 6) is 0. The Hall–Kier alpha value is -1.77. The third-order valence-electron chi connectivity index (χ3n) is 1.72. The fourth-order valence-corrected chi connectivity index (χ4v) is 1.11. The lowest BCUT2D eigenvalue weighted by atomic mass is 10.3. The molecule has 3 heteroatoms. The molecule has 0 saturated heterocycles. The van der Waals surface area contributed by atoms with Gasteiger partial charge in [-0.2, -0.15) is 0 Å². The summed E-state index contributed by atoms with van der Waals surface area (Å²) in [7, 11) is 0. The Balaban J connectivity index is 2.55. The highest BCUT2D eigenvalue weighted by atomic mass is 15.0. The molecule has 0 fully saturated rings. The second-order valence-electron chi connectivity index (χ2n) is 2.52. The molecule has 0 aromatic carbocycles. The predicted molar refractivity (Wildman–Crippen MR) is 48.0 cm³/mol. The molecule has 2 heterocycles. The molecule has 0 radical (unpaired) electrons. The average Bonchev–Trinajstić information content (AvgIpc) is 2.57. The van der Waals surface area contributed by atoms with Gasteiger partial charge < -0.3 is 10.3 Å². The lowest BCUT2D eigenvalue weighted by molar-refractivity contribution is 1.06. The summed E-state index contributed by atoms with van der Waals surface area (Å²) in [6, 6.07) is 5.69. The van der Waals surface area contributed by atoms with Gasteiger partial charge in [0.05, 0.1) is 17.6 Å². The second kappa shape index (κ2) is 2.70. The molecule has 2 rings (SSSR count). The first kappa shape index (κ1) is 6.91. The van der Waals surface area contributed by atoms with E-state index >= 15 is 0 Å². The molecule has 0 saturated carbocycles. The molecular formula is C9H9N3. The van der Waals surface area contributed by atoms with Crippen molar-refractivity contribution < 1.29 is 0 Å². The number of aromatic nitrogens is 2. The van der Waals surface area contributed by atoms with Gasteiger partial charge in [-0.3, -0.25) is 4.98 Å². The number of anilines is 1. The molecular weight excluding hydrogens is 150 g/mol. The van der Waals surface area contributed by atoms with Gasteiger partial charge in [0.1, 0.15) is 0 Å². The summed E-state index contributed by atoms with van der Waals surface area (Å²) < 4.78 is 1.93. The van der Waals surface area contributed by atoms with Crippen LogP contribution < -0.4 is 5.73 Å². The van der Waals surface area contributed by atoms with E-state index in [-0.39, 0.29) is 0 Å². The summed E-state index contributed by atoms with van der Waals surface area (Å²) in [6.07, 6.45) is 7.30. The van der Waals surface area contributed by atoms with Gasteiger partial charge in [0, 0.05) is 18.6 Å². The maximum Gasteiger partial charge on any atom is 0.0866 e. The Labute approximate surface area is 70.5 Å². The van der Waals surface area contributed by atoms with Crippen LogP contribution in [0.15, 0.2) is 43.0 Å². The van der Waals surface area contributed by atoms with E-state index in [2.05, 4.69) is 4.98 Å². The molecule has 2 N–H and O–H groups in total. The van der Waals surface area contributed by atoms with Crippen LogP contribution >= 0.6 is 0 Å². The summed E-state index contributed by atoms with van der Waals surface area (Å²) >= 11 is 0. The maximum absolute atomic E-state index is 5.75. The molecule has 0 aliphatic carbocycles. The Morgan fingerprint density at radius 1 is 1.25 bits per heavy atom. The van der Waals surface area contributed by atoms with E-state index in [1.165, 1.54) is 0 Å². The van der Waals surface area contributed by atoms with Crippen LogP contribution in [0.3, 0.4) is 0 Å². The Bertz CT molecular complexity index is 365. The van der Waals surface area contributed by atoms with Crippen molar-refractivity contribution in [2.24, 2.45) is 0 Å². The zero-order chi connectivity index (χ0) is 8.39. The van der Waals surface area contributed by atoms with Crippen LogP contribution in [0.5, 0.6) is 0 Å². The van der Waals surface area contributed by atoms with E-state index < -0.39 is 0 Å². The highest BCUT2D eigenvalue weighted by molar-refractivity contribution is 5.55. The van der Waals surface area contributed by atoms with E-state index in [0.717, 1.165) is 11.4 Å². The lowest BCUT2D eigenvalue weighted by Gasteiger charge is -2.04. The second-order valence-corrected chi connectivity index (χ2v) is 2.52. The van der Waals surface area contributed by atoms with Gasteiger partial charge in [-0.05, 0) is 18.2 Å². The molecule has 0 atom stereocenters. The molecule has 0 aliphatic heterocycles. The highest BCUT2D eigenvalue weighted by Crippen LogP contribution is 2.13. The summed E-state index contributed by atoms with van der Waals surface area (Å²) in [4.78, 5) is 4.00. The minimum Gasteiger partial charge on any atom is -0.397 e. The van der Waals surface area contributed by atoms with Crippen molar-refractivity contribution >= 4 is 5.69 Å². The molecule has 0 bridgehead atoms. The summed E-state index contributed by atoms with van der Waals surface area (Å²) in [5, 5.41) is 0. The number of pyridine rings is 1. The monoisotopic (exact) mass is 159 g/mol. The first-order valence-corrected chi connectivity index (χ1v) is 3.71. The molecule has 12 heavy (non-hydrogen) atoms. The van der Waals surface area contributed by atoms with E-state index in [4.69, 9.17) is 5.73 Å². The number of hydrogen-bond acceptors (Lipinski definition) is 2. The van der Waals surface area contributed by atoms with E-state index in [9.17, 15) is 0 Å². The van der Waals surface area contributed by atoms with Gasteiger partial charge >= 0.3 is 0 Å². The number of nitrogen functional groups attached to an aromatic ring is 1. The molecule has 0 unspecified atom stereocenters. The third-order valence-corrected chi connectivity index (χ3v) is 1.72. The predicted octanol–water partition coefficient (Wildman–Crippen LogP) is 1.45. The van der Waals surface area contributed by atoms with Crippen molar-refractivity contribution in [2.45, 2.75) is 0 Å². The van der Waals surface area contributed by atoms with Crippen molar-refractivity contribution in [3.8, 4) is 5.69 Å². The number of rotatable bonds is 1. The highest BCUT2D eigenvalue weighted by Gasteiger charge is 1.97. The molecule has 2 aromatic rings. The molecule has 3 nitrogen and oxygen atoms in total. The third kappa shape index (κ3) is 1.05. The number of nitrogens with two attached hydrogens (primary N) is 1. The number of hydrogen-bond donors (Lipinski definition) is 1. The lowest BCUT2D eigenvalue weighted by Crippen LogP contribution is -1.97. The fraction of sp³-hybridized carbons (Fsp3) is 0. The van der Waals surface area contributed by atoms with Crippen molar-refractivity contribution in [3.63, 3.8) is 0 Å². The zero-order valence-corrected chi connectivity index (χ0v) is 6.51. The van der Waals surface area contributed by atoms with Gasteiger partial charge in [-0.1, -0.05) is 0 Å². The minimum absolute atomic E-state index is 0.737. The smallest absolute Gasteiger partial charge is 0.0866 e. The van der Waals surface area contributed by atoms with Crippen LogP contribution in [-0.4, -0.2) is 9.55 Å². The Morgan fingerprint density at radius 3 is 2.67 bits per heavy atom. The van der Waals surface area contributed by atoms with E-state index in [1.807, 2.05) is 29.1 Å². The van der Waals surface area contributed by atoms with Crippen molar-refractivity contribution in [1.29, 1.82) is 0 Å². The van der Waals surface area contributed by atoms with E-state index in [0.29, 0.717) is 0 Å². The van der Waals surface area contributed by atoms with Gasteiger partial charge in [0.2, 0.25) is 0 Å². The van der Waals surface area contributed by atoms with Crippen LogP contribution in [0.25, 0.3) is 5.69 Å². The normalized spacial score (nSPS) is 10.0. The van der Waals surface area contributed by atoms with Crippen molar-refractivity contribution in [3.05, 3.63) is 43.0 Å². The summed E-state index contributed by atoms with van der Waals surface area (Å²) in [5.41, 5.74) is 7.41. The van der Waals surface area contributed by atoms with Crippen molar-refractivity contribution in [1.82, 2.24) is 9.55 Å². The molecule has 0 aliphatic rings. The first-order valence-electron chi connectivity index (χ1n) is 3.71. The molecule has 60 valence electrons. The van der Waals surface area contributed by atoms with Crippen LogP contribution in [-0.2, 0) is 0 Å². The van der Waals surface area contributed by atoms with Gasteiger partial charge in [0.15, 0.2) is 0 Å². The summed E-state index contributed by atoms with van der Waals surface area (Å²) in [6.45, 7) is 0. The van der Waals surface area contributed by atoms with Gasteiger partial charge in [0.25, 0.3) is 0 Å². The molecule has 0 amide bonds. The average molecular weight is 159 g/mol. The zero-order valence-electron chi connectivity index (χ0n) is 6.51. The van der Waals surface area contributed by atoms with Crippen LogP contribution in [0.4, 0.5) is 5.69 Å². The van der Waals surface area contributed by atoms with Gasteiger partial charge in [-0.25, -0.2) is 0 Å². The first-order chi connectivity index (χ1) is 5.88. The van der Waals surface area contributed by atoms with Crippen molar-refractivity contribution in [2.75, 3.05) is 5.73 Å².